The number of halogens is 7. The van der Waals surface area contributed by atoms with Gasteiger partial charge in [0.25, 0.3) is 0 Å². The molecule has 11 heteroatoms. The van der Waals surface area contributed by atoms with Crippen LogP contribution in [0.5, 0.6) is 5.75 Å². The van der Waals surface area contributed by atoms with Crippen LogP contribution in [0, 0.1) is 23.4 Å². The first-order valence-corrected chi connectivity index (χ1v) is 13.1. The van der Waals surface area contributed by atoms with E-state index in [9.17, 15) is 26.3 Å². The zero-order valence-electron chi connectivity index (χ0n) is 22.2. The second-order valence-corrected chi connectivity index (χ2v) is 9.66. The standard InChI is InChI=1S/C30H29F7O4/c1-2-3-10-38-15-18-16-39-29(40-17-18)19-5-8-23(24(32)9-6-19)21-11-26(34)28(27(35)12-21)30(36,37)41-22-7-4-20(14-31)25(33)13-22/h4-9,11-13,18,24,29H,2-3,10,14-17H2,1H3. The molecule has 4 rings (SSSR count). The smallest absolute Gasteiger partial charge is 0.429 e. The Bertz CT molecular complexity index is 1280. The number of allylic oxidation sites excluding steroid dienone is 4. The Labute approximate surface area is 233 Å². The molecule has 4 nitrogen and oxygen atoms in total. The summed E-state index contributed by atoms with van der Waals surface area (Å²) in [6, 6.07) is 3.32. The van der Waals surface area contributed by atoms with Gasteiger partial charge in [0.05, 0.1) is 19.8 Å². The lowest BCUT2D eigenvalue weighted by molar-refractivity contribution is -0.189. The fourth-order valence-electron chi connectivity index (χ4n) is 4.29. The number of hydrogen-bond donors (Lipinski definition) is 0. The van der Waals surface area contributed by atoms with Gasteiger partial charge in [0.1, 0.15) is 41.6 Å². The fraction of sp³-hybridized carbons (Fsp3) is 0.400. The molecule has 0 amide bonds. The van der Waals surface area contributed by atoms with Crippen molar-refractivity contribution in [3.63, 3.8) is 0 Å². The predicted octanol–water partition coefficient (Wildman–Crippen LogP) is 7.73. The van der Waals surface area contributed by atoms with E-state index in [4.69, 9.17) is 14.2 Å². The predicted molar refractivity (Wildman–Crippen MR) is 137 cm³/mol. The van der Waals surface area contributed by atoms with Crippen molar-refractivity contribution >= 4 is 5.57 Å². The molecule has 2 aliphatic rings. The first kappa shape index (κ1) is 30.8. The van der Waals surface area contributed by atoms with Gasteiger partial charge in [-0.2, -0.15) is 8.78 Å². The highest BCUT2D eigenvalue weighted by Gasteiger charge is 2.41. The van der Waals surface area contributed by atoms with E-state index < -0.39 is 59.6 Å². The van der Waals surface area contributed by atoms with Gasteiger partial charge in [-0.1, -0.05) is 31.6 Å². The molecule has 1 aliphatic carbocycles. The second kappa shape index (κ2) is 13.7. The van der Waals surface area contributed by atoms with E-state index in [-0.39, 0.29) is 17.1 Å². The number of hydrogen-bond acceptors (Lipinski definition) is 4. The molecule has 41 heavy (non-hydrogen) atoms. The van der Waals surface area contributed by atoms with Crippen LogP contribution in [-0.4, -0.2) is 38.9 Å². The van der Waals surface area contributed by atoms with Gasteiger partial charge in [-0.05, 0) is 47.9 Å². The monoisotopic (exact) mass is 586 g/mol. The molecule has 1 aliphatic heterocycles. The lowest BCUT2D eigenvalue weighted by atomic mass is 9.98. The van der Waals surface area contributed by atoms with Crippen molar-refractivity contribution in [1.82, 2.24) is 0 Å². The molecule has 222 valence electrons. The minimum absolute atomic E-state index is 0.0404. The van der Waals surface area contributed by atoms with Gasteiger partial charge in [0, 0.05) is 29.7 Å². The number of rotatable bonds is 11. The van der Waals surface area contributed by atoms with Crippen LogP contribution < -0.4 is 4.74 Å². The zero-order chi connectivity index (χ0) is 29.6. The third-order valence-corrected chi connectivity index (χ3v) is 6.53. The Hall–Kier alpha value is -3.15. The van der Waals surface area contributed by atoms with Crippen molar-refractivity contribution in [2.24, 2.45) is 5.92 Å². The van der Waals surface area contributed by atoms with Crippen LogP contribution in [0.4, 0.5) is 30.7 Å². The number of ether oxygens (including phenoxy) is 4. The lowest BCUT2D eigenvalue weighted by Crippen LogP contribution is -2.35. The Kier molecular flexibility index (Phi) is 10.3. The van der Waals surface area contributed by atoms with Crippen molar-refractivity contribution in [2.45, 2.75) is 45.0 Å². The molecule has 0 N–H and O–H groups in total. The summed E-state index contributed by atoms with van der Waals surface area (Å²) in [5.41, 5.74) is -2.19. The highest BCUT2D eigenvalue weighted by molar-refractivity contribution is 5.73. The van der Waals surface area contributed by atoms with Crippen molar-refractivity contribution < 1.29 is 49.7 Å². The molecule has 0 radical (unpaired) electrons. The molecule has 0 bridgehead atoms. The van der Waals surface area contributed by atoms with E-state index >= 15 is 4.39 Å². The lowest BCUT2D eigenvalue weighted by Gasteiger charge is -2.29. The SMILES string of the molecule is CCCCOCC1COC(C2=CC=C(c3cc(F)c(C(F)(F)Oc4ccc(CF)c(F)c4)c(F)c3)C(F)C=C2)OC1. The van der Waals surface area contributed by atoms with Crippen LogP contribution >= 0.6 is 0 Å². The molecule has 0 saturated carbocycles. The quantitative estimate of drug-likeness (QED) is 0.200. The molecule has 2 aromatic carbocycles. The Morgan fingerprint density at radius 2 is 1.68 bits per heavy atom. The number of unbranched alkanes of at least 4 members (excludes halogenated alkanes) is 1. The van der Waals surface area contributed by atoms with E-state index in [1.165, 1.54) is 18.2 Å². The Morgan fingerprint density at radius 3 is 2.32 bits per heavy atom. The van der Waals surface area contributed by atoms with Crippen molar-refractivity contribution in [3.05, 3.63) is 94.4 Å². The van der Waals surface area contributed by atoms with Gasteiger partial charge >= 0.3 is 6.11 Å². The van der Waals surface area contributed by atoms with Crippen LogP contribution in [0.25, 0.3) is 5.57 Å². The molecule has 0 aromatic heterocycles. The maximum absolute atomic E-state index is 15.0. The van der Waals surface area contributed by atoms with E-state index in [0.717, 1.165) is 31.1 Å². The fourth-order valence-corrected chi connectivity index (χ4v) is 4.29. The van der Waals surface area contributed by atoms with Gasteiger partial charge in [0.15, 0.2) is 6.29 Å². The van der Waals surface area contributed by atoms with Gasteiger partial charge in [-0.3, -0.25) is 0 Å². The summed E-state index contributed by atoms with van der Waals surface area (Å²) in [6.07, 6.45) is 0.0824. The Morgan fingerprint density at radius 1 is 0.976 bits per heavy atom. The molecule has 1 saturated heterocycles. The number of alkyl halides is 4. The first-order valence-electron chi connectivity index (χ1n) is 13.1. The number of benzene rings is 2. The maximum Gasteiger partial charge on any atom is 0.432 e. The van der Waals surface area contributed by atoms with Crippen LogP contribution in [0.1, 0.15) is 36.5 Å². The van der Waals surface area contributed by atoms with Gasteiger partial charge in [-0.25, -0.2) is 22.0 Å². The summed E-state index contributed by atoms with van der Waals surface area (Å²) in [5, 5.41) is 0. The minimum atomic E-state index is -4.56. The minimum Gasteiger partial charge on any atom is -0.429 e. The van der Waals surface area contributed by atoms with E-state index in [2.05, 4.69) is 11.7 Å². The molecule has 0 spiro atoms. The highest BCUT2D eigenvalue weighted by Crippen LogP contribution is 2.38. The van der Waals surface area contributed by atoms with Crippen LogP contribution in [0.2, 0.25) is 0 Å². The van der Waals surface area contributed by atoms with Crippen molar-refractivity contribution in [2.75, 3.05) is 26.4 Å². The normalized spacial score (nSPS) is 21.3. The molecule has 2 aromatic rings. The van der Waals surface area contributed by atoms with Gasteiger partial charge in [-0.15, -0.1) is 0 Å². The zero-order valence-corrected chi connectivity index (χ0v) is 22.2. The maximum atomic E-state index is 15.0. The molecule has 1 unspecified atom stereocenters. The van der Waals surface area contributed by atoms with Crippen molar-refractivity contribution in [1.29, 1.82) is 0 Å². The largest absolute Gasteiger partial charge is 0.432 e. The summed E-state index contributed by atoms with van der Waals surface area (Å²) < 4.78 is 122. The van der Waals surface area contributed by atoms with Crippen LogP contribution in [-0.2, 0) is 27.0 Å². The molecule has 1 fully saturated rings. The molecular formula is C30H29F7O4. The van der Waals surface area contributed by atoms with Crippen LogP contribution in [0.15, 0.2) is 60.2 Å². The van der Waals surface area contributed by atoms with E-state index in [1.807, 2.05) is 0 Å². The topological polar surface area (TPSA) is 36.9 Å². The van der Waals surface area contributed by atoms with Crippen LogP contribution in [0.3, 0.4) is 0 Å². The first-order chi connectivity index (χ1) is 19.6. The average Bonchev–Trinajstić information content (AvgIpc) is 3.12. The summed E-state index contributed by atoms with van der Waals surface area (Å²) in [4.78, 5) is 0. The summed E-state index contributed by atoms with van der Waals surface area (Å²) in [5.74, 6) is -5.30. The van der Waals surface area contributed by atoms with Gasteiger partial charge in [0.2, 0.25) is 0 Å². The molecule has 1 atom stereocenters. The molecular weight excluding hydrogens is 557 g/mol. The molecule has 1 heterocycles. The second-order valence-electron chi connectivity index (χ2n) is 9.66. The highest BCUT2D eigenvalue weighted by atomic mass is 19.3. The summed E-state index contributed by atoms with van der Waals surface area (Å²) in [6.45, 7) is 2.74. The Balaban J connectivity index is 1.48. The van der Waals surface area contributed by atoms with E-state index in [1.54, 1.807) is 0 Å². The third-order valence-electron chi connectivity index (χ3n) is 6.53. The van der Waals surface area contributed by atoms with Crippen molar-refractivity contribution in [3.8, 4) is 5.75 Å². The van der Waals surface area contributed by atoms with E-state index in [0.29, 0.717) is 50.2 Å². The average molecular weight is 587 g/mol. The summed E-state index contributed by atoms with van der Waals surface area (Å²) >= 11 is 0. The third kappa shape index (κ3) is 7.58. The summed E-state index contributed by atoms with van der Waals surface area (Å²) in [7, 11) is 0. The van der Waals surface area contributed by atoms with Gasteiger partial charge < -0.3 is 18.9 Å².